The molecule has 0 aliphatic rings. The average molecular weight is 332 g/mol. The van der Waals surface area contributed by atoms with E-state index in [1.165, 1.54) is 0 Å². The molecule has 0 aliphatic heterocycles. The highest BCUT2D eigenvalue weighted by atomic mass is 31.2. The SMILES string of the molecule is CC(OC(=O)O)C(C)(OC(=O)O)C(OC(=O)O)P(=O)(O)O. The lowest BCUT2D eigenvalue weighted by Crippen LogP contribution is -2.54. The summed E-state index contributed by atoms with van der Waals surface area (Å²) in [6.07, 6.45) is -7.87. The molecule has 0 heterocycles. The first-order valence-electron chi connectivity index (χ1n) is 5.07. The molecule has 12 nitrogen and oxygen atoms in total. The van der Waals surface area contributed by atoms with E-state index in [1.54, 1.807) is 0 Å². The zero-order valence-corrected chi connectivity index (χ0v) is 11.6. The van der Waals surface area contributed by atoms with Crippen molar-refractivity contribution < 1.29 is 58.3 Å². The van der Waals surface area contributed by atoms with Gasteiger partial charge in [-0.2, -0.15) is 0 Å². The van der Waals surface area contributed by atoms with E-state index in [-0.39, 0.29) is 0 Å². The fourth-order valence-corrected chi connectivity index (χ4v) is 2.56. The molecule has 0 spiro atoms. The van der Waals surface area contributed by atoms with E-state index in [2.05, 4.69) is 14.2 Å². The van der Waals surface area contributed by atoms with Crippen LogP contribution >= 0.6 is 7.60 Å². The van der Waals surface area contributed by atoms with Crippen LogP contribution in [0, 0.1) is 0 Å². The Morgan fingerprint density at radius 1 is 1.00 bits per heavy atom. The summed E-state index contributed by atoms with van der Waals surface area (Å²) in [7, 11) is -5.37. The van der Waals surface area contributed by atoms with Crippen molar-refractivity contribution in [2.24, 2.45) is 0 Å². The minimum Gasteiger partial charge on any atom is -0.450 e. The first-order chi connectivity index (χ1) is 9.30. The summed E-state index contributed by atoms with van der Waals surface area (Å²) in [5.74, 6) is -2.63. The highest BCUT2D eigenvalue weighted by molar-refractivity contribution is 7.52. The van der Waals surface area contributed by atoms with Crippen LogP contribution in [0.5, 0.6) is 0 Å². The molecule has 0 radical (unpaired) electrons. The standard InChI is InChI=1S/C8H13O12P/c1-3(18-5(9)10)8(2,20-7(13)14)4(19-6(11)12)21(15,16)17/h3-4H,1-2H3,(H,9,10)(H,11,12)(H,13,14)(H2,15,16,17). The van der Waals surface area contributed by atoms with Crippen molar-refractivity contribution in [1.82, 2.24) is 0 Å². The molecule has 5 N–H and O–H groups in total. The molecule has 0 saturated heterocycles. The third kappa shape index (κ3) is 5.45. The molecule has 0 saturated carbocycles. The van der Waals surface area contributed by atoms with E-state index in [4.69, 9.17) is 25.1 Å². The van der Waals surface area contributed by atoms with E-state index in [1.807, 2.05) is 0 Å². The second-order valence-corrected chi connectivity index (χ2v) is 5.55. The van der Waals surface area contributed by atoms with E-state index in [9.17, 15) is 18.9 Å². The Labute approximate surface area is 117 Å². The monoisotopic (exact) mass is 332 g/mol. The van der Waals surface area contributed by atoms with Gasteiger partial charge in [0.05, 0.1) is 0 Å². The Hall–Kier alpha value is -2.04. The lowest BCUT2D eigenvalue weighted by Gasteiger charge is -2.37. The Bertz CT molecular complexity index is 468. The van der Waals surface area contributed by atoms with Crippen molar-refractivity contribution in [3.05, 3.63) is 0 Å². The molecule has 0 aromatic carbocycles. The maximum Gasteiger partial charge on any atom is 0.506 e. The second kappa shape index (κ2) is 6.61. The van der Waals surface area contributed by atoms with Crippen LogP contribution in [-0.4, -0.2) is 61.1 Å². The molecule has 13 heteroatoms. The van der Waals surface area contributed by atoms with Crippen LogP contribution in [0.2, 0.25) is 0 Å². The largest absolute Gasteiger partial charge is 0.506 e. The van der Waals surface area contributed by atoms with Gasteiger partial charge in [0.1, 0.15) is 6.10 Å². The second-order valence-electron chi connectivity index (χ2n) is 3.90. The molecular formula is C8H13O12P. The van der Waals surface area contributed by atoms with Gasteiger partial charge in [-0.3, -0.25) is 4.57 Å². The van der Waals surface area contributed by atoms with Crippen LogP contribution in [0.4, 0.5) is 14.4 Å². The Morgan fingerprint density at radius 2 is 1.43 bits per heavy atom. The van der Waals surface area contributed by atoms with E-state index < -0.39 is 43.6 Å². The molecule has 3 unspecified atom stereocenters. The molecule has 0 amide bonds. The molecule has 0 aromatic heterocycles. The van der Waals surface area contributed by atoms with Crippen LogP contribution in [0.1, 0.15) is 13.8 Å². The molecule has 0 aromatic rings. The van der Waals surface area contributed by atoms with E-state index in [0.717, 1.165) is 13.8 Å². The van der Waals surface area contributed by atoms with Gasteiger partial charge in [-0.05, 0) is 13.8 Å². The van der Waals surface area contributed by atoms with Crippen molar-refractivity contribution in [3.63, 3.8) is 0 Å². The topological polar surface area (TPSA) is 197 Å². The lowest BCUT2D eigenvalue weighted by atomic mass is 10.0. The van der Waals surface area contributed by atoms with Crippen LogP contribution < -0.4 is 0 Å². The van der Waals surface area contributed by atoms with Crippen LogP contribution in [0.15, 0.2) is 0 Å². The number of carbonyl (C=O) groups is 3. The lowest BCUT2D eigenvalue weighted by molar-refractivity contribution is -0.134. The van der Waals surface area contributed by atoms with Gasteiger partial charge >= 0.3 is 26.1 Å². The van der Waals surface area contributed by atoms with Gasteiger partial charge in [-0.15, -0.1) is 0 Å². The maximum absolute atomic E-state index is 11.3. The summed E-state index contributed by atoms with van der Waals surface area (Å²) >= 11 is 0. The minimum atomic E-state index is -5.37. The summed E-state index contributed by atoms with van der Waals surface area (Å²) in [5, 5.41) is 25.6. The van der Waals surface area contributed by atoms with Gasteiger partial charge in [0.15, 0.2) is 5.60 Å². The van der Waals surface area contributed by atoms with Gasteiger partial charge in [0.2, 0.25) is 5.85 Å². The fraction of sp³-hybridized carbons (Fsp3) is 0.625. The Kier molecular flexibility index (Phi) is 5.97. The first kappa shape index (κ1) is 19.0. The molecule has 0 aliphatic carbocycles. The van der Waals surface area contributed by atoms with Crippen molar-refractivity contribution in [2.45, 2.75) is 31.4 Å². The van der Waals surface area contributed by atoms with Gasteiger partial charge in [-0.1, -0.05) is 0 Å². The van der Waals surface area contributed by atoms with Crippen LogP contribution in [0.3, 0.4) is 0 Å². The predicted octanol–water partition coefficient (Wildman–Crippen LogP) is 0.721. The minimum absolute atomic E-state index is 0.724. The third-order valence-electron chi connectivity index (χ3n) is 2.40. The molecule has 0 rings (SSSR count). The van der Waals surface area contributed by atoms with Gasteiger partial charge < -0.3 is 39.3 Å². The normalized spacial score (nSPS) is 17.0. The summed E-state index contributed by atoms with van der Waals surface area (Å²) < 4.78 is 23.7. The highest BCUT2D eigenvalue weighted by Gasteiger charge is 2.56. The summed E-state index contributed by atoms with van der Waals surface area (Å²) in [5.41, 5.74) is -2.62. The third-order valence-corrected chi connectivity index (χ3v) is 3.63. The number of ether oxygens (including phenoxy) is 3. The highest BCUT2D eigenvalue weighted by Crippen LogP contribution is 2.50. The number of hydrogen-bond donors (Lipinski definition) is 5. The molecular weight excluding hydrogens is 319 g/mol. The number of hydrogen-bond acceptors (Lipinski definition) is 7. The quantitative estimate of drug-likeness (QED) is 0.260. The number of carboxylic acid groups (broad SMARTS) is 3. The Morgan fingerprint density at radius 3 is 1.71 bits per heavy atom. The van der Waals surface area contributed by atoms with Gasteiger partial charge in [0.25, 0.3) is 0 Å². The first-order valence-corrected chi connectivity index (χ1v) is 6.75. The molecule has 0 bridgehead atoms. The fourth-order valence-electron chi connectivity index (χ4n) is 1.41. The molecule has 122 valence electrons. The Balaban J connectivity index is 5.80. The van der Waals surface area contributed by atoms with Crippen LogP contribution in [-0.2, 0) is 18.8 Å². The van der Waals surface area contributed by atoms with Crippen molar-refractivity contribution in [3.8, 4) is 0 Å². The molecule has 3 atom stereocenters. The zero-order valence-electron chi connectivity index (χ0n) is 10.7. The van der Waals surface area contributed by atoms with E-state index >= 15 is 0 Å². The van der Waals surface area contributed by atoms with E-state index in [0.29, 0.717) is 0 Å². The summed E-state index contributed by atoms with van der Waals surface area (Å²) in [6.45, 7) is 1.63. The predicted molar refractivity (Wildman–Crippen MR) is 61.0 cm³/mol. The van der Waals surface area contributed by atoms with Crippen LogP contribution in [0.25, 0.3) is 0 Å². The summed E-state index contributed by atoms with van der Waals surface area (Å²) in [4.78, 5) is 49.8. The van der Waals surface area contributed by atoms with Crippen molar-refractivity contribution >= 4 is 26.1 Å². The smallest absolute Gasteiger partial charge is 0.450 e. The van der Waals surface area contributed by atoms with Gasteiger partial charge in [-0.25, -0.2) is 14.4 Å². The maximum atomic E-state index is 11.3. The number of rotatable bonds is 6. The summed E-state index contributed by atoms with van der Waals surface area (Å²) in [6, 6.07) is 0. The zero-order chi connectivity index (χ0) is 17.0. The molecule has 21 heavy (non-hydrogen) atoms. The average Bonchev–Trinajstić information content (AvgIpc) is 2.21. The molecule has 0 fully saturated rings. The van der Waals surface area contributed by atoms with Crippen molar-refractivity contribution in [1.29, 1.82) is 0 Å². The van der Waals surface area contributed by atoms with Crippen molar-refractivity contribution in [2.75, 3.05) is 0 Å². The van der Waals surface area contributed by atoms with Gasteiger partial charge in [0, 0.05) is 0 Å².